The van der Waals surface area contributed by atoms with Gasteiger partial charge in [-0.25, -0.2) is 6.57 Å². The van der Waals surface area contributed by atoms with Gasteiger partial charge in [-0.05, 0) is 59.8 Å². The minimum absolute atomic E-state index is 0.105. The van der Waals surface area contributed by atoms with Crippen molar-refractivity contribution in [2.45, 2.75) is 83.3 Å². The van der Waals surface area contributed by atoms with E-state index in [1.54, 1.807) is 0 Å². The Hall–Kier alpha value is -0.590. The third kappa shape index (κ3) is 3.12. The molecule has 0 radical (unpaired) electrons. The van der Waals surface area contributed by atoms with Gasteiger partial charge in [0.15, 0.2) is 0 Å². The third-order valence-corrected chi connectivity index (χ3v) is 4.88. The second-order valence-electron chi connectivity index (χ2n) is 7.46. The second-order valence-corrected chi connectivity index (χ2v) is 7.46. The Morgan fingerprint density at radius 1 is 1.11 bits per heavy atom. The van der Waals surface area contributed by atoms with Crippen molar-refractivity contribution in [1.29, 1.82) is 0 Å². The fourth-order valence-corrected chi connectivity index (χ4v) is 3.88. The second kappa shape index (κ2) is 5.42. The summed E-state index contributed by atoms with van der Waals surface area (Å²) in [6.45, 7) is 17.1. The highest BCUT2D eigenvalue weighted by Crippen LogP contribution is 2.39. The monoisotopic (exact) mass is 264 g/mol. The van der Waals surface area contributed by atoms with Gasteiger partial charge in [-0.1, -0.05) is 0 Å². The van der Waals surface area contributed by atoms with Crippen molar-refractivity contribution in [1.82, 2.24) is 5.06 Å². The van der Waals surface area contributed by atoms with Crippen molar-refractivity contribution in [3.05, 3.63) is 11.4 Å². The Balaban J connectivity index is 1.98. The number of nitrogens with zero attached hydrogens (tertiary/aromatic N) is 2. The number of hydrogen-bond donors (Lipinski definition) is 0. The van der Waals surface area contributed by atoms with Gasteiger partial charge >= 0.3 is 0 Å². The van der Waals surface area contributed by atoms with E-state index in [9.17, 15) is 0 Å². The molecular formula is C16H28N2O. The lowest BCUT2D eigenvalue weighted by Crippen LogP contribution is -2.58. The lowest BCUT2D eigenvalue weighted by Gasteiger charge is -2.51. The lowest BCUT2D eigenvalue weighted by molar-refractivity contribution is -0.286. The number of piperidine rings is 1. The first-order valence-corrected chi connectivity index (χ1v) is 7.67. The molecule has 1 heterocycles. The summed E-state index contributed by atoms with van der Waals surface area (Å²) in [5.74, 6) is 0.436. The smallest absolute Gasteiger partial charge is 0.228 e. The molecule has 2 fully saturated rings. The molecule has 2 unspecified atom stereocenters. The largest absolute Gasteiger partial charge is 0.313 e. The summed E-state index contributed by atoms with van der Waals surface area (Å²) in [6, 6.07) is 0.191. The molecule has 3 heteroatoms. The fraction of sp³-hybridized carbons (Fsp3) is 0.938. The van der Waals surface area contributed by atoms with Gasteiger partial charge in [-0.3, -0.25) is 4.84 Å². The summed E-state index contributed by atoms with van der Waals surface area (Å²) in [6.07, 6.45) is 7.05. The van der Waals surface area contributed by atoms with Crippen LogP contribution in [0.4, 0.5) is 0 Å². The van der Waals surface area contributed by atoms with E-state index in [2.05, 4.69) is 37.6 Å². The van der Waals surface area contributed by atoms with E-state index in [0.29, 0.717) is 5.92 Å². The predicted molar refractivity (Wildman–Crippen MR) is 77.5 cm³/mol. The maximum absolute atomic E-state index is 7.26. The Kier molecular flexibility index (Phi) is 4.23. The van der Waals surface area contributed by atoms with Gasteiger partial charge in [0.25, 0.3) is 0 Å². The highest BCUT2D eigenvalue weighted by molar-refractivity contribution is 4.94. The van der Waals surface area contributed by atoms with E-state index >= 15 is 0 Å². The summed E-state index contributed by atoms with van der Waals surface area (Å²) in [7, 11) is 0. The molecule has 2 atom stereocenters. The fourth-order valence-electron chi connectivity index (χ4n) is 3.88. The number of hydrogen-bond acceptors (Lipinski definition) is 2. The zero-order valence-corrected chi connectivity index (χ0v) is 12.9. The van der Waals surface area contributed by atoms with Crippen LogP contribution in [0.2, 0.25) is 0 Å². The standard InChI is InChI=1S/C16H28N2O/c1-15(2)10-7-11-16(3,4)18(15)19-12-13-8-6-9-14(13)17-5/h13-14H,6-12H2,1-4H3. The SMILES string of the molecule is [C-]#[N+]C1CCCC1CON1C(C)(C)CCCC1(C)C. The molecule has 0 N–H and O–H groups in total. The summed E-state index contributed by atoms with van der Waals surface area (Å²) in [5.41, 5.74) is 0.210. The molecule has 0 aromatic rings. The molecule has 2 rings (SSSR count). The molecular weight excluding hydrogens is 236 g/mol. The zero-order valence-electron chi connectivity index (χ0n) is 12.9. The van der Waals surface area contributed by atoms with Gasteiger partial charge in [-0.2, -0.15) is 5.06 Å². The first-order chi connectivity index (χ1) is 8.87. The molecule has 0 amide bonds. The van der Waals surface area contributed by atoms with E-state index in [-0.39, 0.29) is 17.1 Å². The molecule has 0 bridgehead atoms. The summed E-state index contributed by atoms with van der Waals surface area (Å²) >= 11 is 0. The molecule has 1 saturated heterocycles. The van der Waals surface area contributed by atoms with Crippen molar-refractivity contribution in [3.63, 3.8) is 0 Å². The number of rotatable bonds is 3. The molecule has 0 aromatic heterocycles. The Labute approximate surface area is 118 Å². The average Bonchev–Trinajstić information content (AvgIpc) is 2.74. The quantitative estimate of drug-likeness (QED) is 0.715. The van der Waals surface area contributed by atoms with Crippen LogP contribution in [-0.2, 0) is 4.84 Å². The Morgan fingerprint density at radius 2 is 1.74 bits per heavy atom. The van der Waals surface area contributed by atoms with E-state index in [1.807, 2.05) is 0 Å². The third-order valence-electron chi connectivity index (χ3n) is 4.88. The summed E-state index contributed by atoms with van der Waals surface area (Å²) < 4.78 is 0. The van der Waals surface area contributed by atoms with E-state index in [1.165, 1.54) is 25.7 Å². The maximum atomic E-state index is 7.26. The Bertz CT molecular complexity index is 340. The van der Waals surface area contributed by atoms with Crippen LogP contribution in [0.25, 0.3) is 4.85 Å². The molecule has 1 aliphatic heterocycles. The zero-order chi connectivity index (χ0) is 14.1. The van der Waals surface area contributed by atoms with Crippen LogP contribution < -0.4 is 0 Å². The average molecular weight is 264 g/mol. The van der Waals surface area contributed by atoms with E-state index in [4.69, 9.17) is 11.4 Å². The molecule has 3 nitrogen and oxygen atoms in total. The summed E-state index contributed by atoms with van der Waals surface area (Å²) in [5, 5.41) is 2.23. The predicted octanol–water partition coefficient (Wildman–Crippen LogP) is 4.05. The van der Waals surface area contributed by atoms with Crippen LogP contribution in [0.3, 0.4) is 0 Å². The van der Waals surface area contributed by atoms with Crippen molar-refractivity contribution in [2.75, 3.05) is 6.61 Å². The van der Waals surface area contributed by atoms with Crippen LogP contribution >= 0.6 is 0 Å². The molecule has 2 aliphatic rings. The van der Waals surface area contributed by atoms with Crippen molar-refractivity contribution < 1.29 is 4.84 Å². The van der Waals surface area contributed by atoms with Gasteiger partial charge in [0.05, 0.1) is 12.5 Å². The van der Waals surface area contributed by atoms with Crippen LogP contribution in [0.1, 0.15) is 66.2 Å². The minimum atomic E-state index is 0.105. The van der Waals surface area contributed by atoms with Crippen LogP contribution in [0.5, 0.6) is 0 Å². The molecule has 108 valence electrons. The first-order valence-electron chi connectivity index (χ1n) is 7.67. The normalized spacial score (nSPS) is 34.1. The summed E-state index contributed by atoms with van der Waals surface area (Å²) in [4.78, 5) is 9.98. The van der Waals surface area contributed by atoms with Gasteiger partial charge in [0, 0.05) is 17.5 Å². The van der Waals surface area contributed by atoms with Crippen molar-refractivity contribution >= 4 is 0 Å². The van der Waals surface area contributed by atoms with E-state index < -0.39 is 0 Å². The van der Waals surface area contributed by atoms with Gasteiger partial charge < -0.3 is 4.85 Å². The minimum Gasteiger partial charge on any atom is -0.313 e. The Morgan fingerprint density at radius 3 is 2.32 bits per heavy atom. The molecule has 1 aliphatic carbocycles. The van der Waals surface area contributed by atoms with Gasteiger partial charge in [0.2, 0.25) is 6.04 Å². The van der Waals surface area contributed by atoms with Gasteiger partial charge in [-0.15, -0.1) is 0 Å². The van der Waals surface area contributed by atoms with Gasteiger partial charge in [0.1, 0.15) is 0 Å². The molecule has 0 spiro atoms. The number of hydroxylamine groups is 2. The lowest BCUT2D eigenvalue weighted by atomic mass is 9.82. The van der Waals surface area contributed by atoms with Crippen molar-refractivity contribution in [2.24, 2.45) is 5.92 Å². The van der Waals surface area contributed by atoms with Crippen LogP contribution in [0.15, 0.2) is 0 Å². The highest BCUT2D eigenvalue weighted by atomic mass is 16.7. The first kappa shape index (κ1) is 14.8. The van der Waals surface area contributed by atoms with Crippen LogP contribution in [-0.4, -0.2) is 28.8 Å². The maximum Gasteiger partial charge on any atom is 0.228 e. The van der Waals surface area contributed by atoms with E-state index in [0.717, 1.165) is 19.4 Å². The highest BCUT2D eigenvalue weighted by Gasteiger charge is 2.43. The van der Waals surface area contributed by atoms with Crippen molar-refractivity contribution in [3.8, 4) is 0 Å². The molecule has 19 heavy (non-hydrogen) atoms. The molecule has 1 saturated carbocycles. The van der Waals surface area contributed by atoms with Crippen LogP contribution in [0, 0.1) is 12.5 Å². The molecule has 0 aromatic carbocycles. The topological polar surface area (TPSA) is 16.8 Å².